The molecule has 90 valence electrons. The van der Waals surface area contributed by atoms with E-state index in [1.54, 1.807) is 6.92 Å². The number of nitriles is 1. The third-order valence-corrected chi connectivity index (χ3v) is 3.05. The first-order valence-electron chi connectivity index (χ1n) is 4.92. The number of esters is 1. The Balaban J connectivity index is 3.08. The number of rotatable bonds is 3. The quantitative estimate of drug-likeness (QED) is 0.616. The Morgan fingerprint density at radius 2 is 2.24 bits per heavy atom. The molecule has 17 heavy (non-hydrogen) atoms. The number of ether oxygens (including phenoxy) is 1. The van der Waals surface area contributed by atoms with Crippen LogP contribution in [-0.2, 0) is 9.53 Å². The zero-order chi connectivity index (χ0) is 13.0. The van der Waals surface area contributed by atoms with E-state index in [4.69, 9.17) is 16.9 Å². The minimum atomic E-state index is -0.905. The van der Waals surface area contributed by atoms with Crippen molar-refractivity contribution in [2.75, 3.05) is 7.11 Å². The number of benzene rings is 1. The Morgan fingerprint density at radius 3 is 2.76 bits per heavy atom. The SMILES string of the molecule is COC(=O)C(Cl)C(C)c1ccc(F)cc1C#N. The van der Waals surface area contributed by atoms with Gasteiger partial charge < -0.3 is 4.74 Å². The molecule has 1 aromatic carbocycles. The third-order valence-electron chi connectivity index (χ3n) is 2.49. The predicted octanol–water partition coefficient (Wildman–Crippen LogP) is 2.58. The summed E-state index contributed by atoms with van der Waals surface area (Å²) in [5.74, 6) is -1.51. The molecule has 0 N–H and O–H groups in total. The third kappa shape index (κ3) is 2.95. The van der Waals surface area contributed by atoms with Gasteiger partial charge in [0.2, 0.25) is 0 Å². The molecule has 5 heteroatoms. The van der Waals surface area contributed by atoms with Gasteiger partial charge in [-0.15, -0.1) is 11.6 Å². The van der Waals surface area contributed by atoms with Crippen LogP contribution in [-0.4, -0.2) is 18.5 Å². The fraction of sp³-hybridized carbons (Fsp3) is 0.333. The number of nitrogens with zero attached hydrogens (tertiary/aromatic N) is 1. The van der Waals surface area contributed by atoms with E-state index in [9.17, 15) is 9.18 Å². The van der Waals surface area contributed by atoms with E-state index in [0.29, 0.717) is 5.56 Å². The van der Waals surface area contributed by atoms with Crippen LogP contribution in [0.3, 0.4) is 0 Å². The molecule has 0 heterocycles. The maximum Gasteiger partial charge on any atom is 0.324 e. The predicted molar refractivity (Wildman–Crippen MR) is 61.2 cm³/mol. The first kappa shape index (κ1) is 13.5. The molecule has 2 atom stereocenters. The van der Waals surface area contributed by atoms with Gasteiger partial charge in [0.15, 0.2) is 0 Å². The number of halogens is 2. The zero-order valence-electron chi connectivity index (χ0n) is 9.41. The molecule has 3 nitrogen and oxygen atoms in total. The summed E-state index contributed by atoms with van der Waals surface area (Å²) in [4.78, 5) is 11.3. The van der Waals surface area contributed by atoms with E-state index in [-0.39, 0.29) is 5.56 Å². The van der Waals surface area contributed by atoms with Crippen LogP contribution in [0, 0.1) is 17.1 Å². The van der Waals surface area contributed by atoms with Crippen molar-refractivity contribution in [3.8, 4) is 6.07 Å². The Morgan fingerprint density at radius 1 is 1.59 bits per heavy atom. The normalized spacial score (nSPS) is 13.6. The topological polar surface area (TPSA) is 50.1 Å². The summed E-state index contributed by atoms with van der Waals surface area (Å²) in [5, 5.41) is 7.99. The molecule has 0 amide bonds. The zero-order valence-corrected chi connectivity index (χ0v) is 10.2. The van der Waals surface area contributed by atoms with Crippen molar-refractivity contribution in [2.24, 2.45) is 0 Å². The lowest BCUT2D eigenvalue weighted by Gasteiger charge is -2.17. The Kier molecular flexibility index (Phi) is 4.47. The minimum Gasteiger partial charge on any atom is -0.468 e. The highest BCUT2D eigenvalue weighted by Gasteiger charge is 2.26. The second kappa shape index (κ2) is 5.65. The van der Waals surface area contributed by atoms with Gasteiger partial charge in [0, 0.05) is 5.92 Å². The van der Waals surface area contributed by atoms with Crippen molar-refractivity contribution < 1.29 is 13.9 Å². The summed E-state index contributed by atoms with van der Waals surface area (Å²) in [5.41, 5.74) is 0.700. The molecule has 0 saturated carbocycles. The molecule has 0 aliphatic carbocycles. The molecule has 0 fully saturated rings. The highest BCUT2D eigenvalue weighted by molar-refractivity contribution is 6.30. The van der Waals surface area contributed by atoms with Crippen molar-refractivity contribution in [1.29, 1.82) is 5.26 Å². The molecule has 0 bridgehead atoms. The standard InChI is InChI=1S/C12H11ClFNO2/c1-7(11(13)12(16)17-2)10-4-3-9(14)5-8(10)6-15/h3-5,7,11H,1-2H3. The Hall–Kier alpha value is -1.60. The lowest BCUT2D eigenvalue weighted by molar-refractivity contribution is -0.140. The van der Waals surface area contributed by atoms with E-state index >= 15 is 0 Å². The fourth-order valence-electron chi connectivity index (χ4n) is 1.50. The van der Waals surface area contributed by atoms with Crippen molar-refractivity contribution in [1.82, 2.24) is 0 Å². The smallest absolute Gasteiger partial charge is 0.324 e. The molecule has 1 rings (SSSR count). The number of carbonyl (C=O) groups excluding carboxylic acids is 1. The van der Waals surface area contributed by atoms with E-state index in [1.807, 2.05) is 6.07 Å². The lowest BCUT2D eigenvalue weighted by Crippen LogP contribution is -2.23. The summed E-state index contributed by atoms with van der Waals surface area (Å²) >= 11 is 5.91. The molecule has 0 saturated heterocycles. The van der Waals surface area contributed by atoms with E-state index in [0.717, 1.165) is 6.07 Å². The molecule has 0 aliphatic heterocycles. The molecular formula is C12H11ClFNO2. The minimum absolute atomic E-state index is 0.173. The first-order valence-corrected chi connectivity index (χ1v) is 5.36. The molecule has 0 spiro atoms. The molecule has 0 aliphatic rings. The number of hydrogen-bond donors (Lipinski definition) is 0. The highest BCUT2D eigenvalue weighted by Crippen LogP contribution is 2.27. The fourth-order valence-corrected chi connectivity index (χ4v) is 1.72. The van der Waals surface area contributed by atoms with Gasteiger partial charge in [-0.05, 0) is 17.7 Å². The molecular weight excluding hydrogens is 245 g/mol. The van der Waals surface area contributed by atoms with Gasteiger partial charge in [0.25, 0.3) is 0 Å². The van der Waals surface area contributed by atoms with E-state index in [1.165, 1.54) is 19.2 Å². The Bertz CT molecular complexity index is 470. The van der Waals surface area contributed by atoms with Crippen LogP contribution >= 0.6 is 11.6 Å². The van der Waals surface area contributed by atoms with Crippen molar-refractivity contribution in [3.05, 3.63) is 35.1 Å². The summed E-state index contributed by atoms with van der Waals surface area (Å²) in [7, 11) is 1.24. The number of methoxy groups -OCH3 is 1. The van der Waals surface area contributed by atoms with Gasteiger partial charge in [-0.3, -0.25) is 4.79 Å². The molecule has 0 aromatic heterocycles. The van der Waals surface area contributed by atoms with Crippen molar-refractivity contribution in [2.45, 2.75) is 18.2 Å². The average molecular weight is 256 g/mol. The van der Waals surface area contributed by atoms with Crippen LogP contribution in [0.5, 0.6) is 0 Å². The van der Waals surface area contributed by atoms with Gasteiger partial charge in [-0.1, -0.05) is 13.0 Å². The number of hydrogen-bond acceptors (Lipinski definition) is 3. The Labute approximate surface area is 104 Å². The van der Waals surface area contributed by atoms with Crippen molar-refractivity contribution >= 4 is 17.6 Å². The maximum atomic E-state index is 12.9. The molecule has 2 unspecified atom stereocenters. The second-order valence-corrected chi connectivity index (χ2v) is 4.03. The van der Waals surface area contributed by atoms with Gasteiger partial charge in [0.1, 0.15) is 11.2 Å². The lowest BCUT2D eigenvalue weighted by atomic mass is 9.93. The van der Waals surface area contributed by atoms with E-state index < -0.39 is 23.1 Å². The highest BCUT2D eigenvalue weighted by atomic mass is 35.5. The largest absolute Gasteiger partial charge is 0.468 e. The second-order valence-electron chi connectivity index (χ2n) is 3.56. The molecule has 0 radical (unpaired) electrons. The van der Waals surface area contributed by atoms with Gasteiger partial charge in [-0.25, -0.2) is 4.39 Å². The summed E-state index contributed by atoms with van der Waals surface area (Å²) in [6.45, 7) is 1.68. The van der Waals surface area contributed by atoms with Gasteiger partial charge in [0.05, 0.1) is 18.7 Å². The van der Waals surface area contributed by atoms with Crippen LogP contribution in [0.4, 0.5) is 4.39 Å². The monoisotopic (exact) mass is 255 g/mol. The van der Waals surface area contributed by atoms with Crippen LogP contribution < -0.4 is 0 Å². The van der Waals surface area contributed by atoms with Gasteiger partial charge in [-0.2, -0.15) is 5.26 Å². The molecule has 1 aromatic rings. The van der Waals surface area contributed by atoms with Crippen LogP contribution in [0.25, 0.3) is 0 Å². The number of alkyl halides is 1. The van der Waals surface area contributed by atoms with E-state index in [2.05, 4.69) is 4.74 Å². The summed E-state index contributed by atoms with van der Waals surface area (Å²) < 4.78 is 17.5. The summed E-state index contributed by atoms with van der Waals surface area (Å²) in [6.07, 6.45) is 0. The van der Waals surface area contributed by atoms with Crippen molar-refractivity contribution in [3.63, 3.8) is 0 Å². The van der Waals surface area contributed by atoms with Crippen LogP contribution in [0.1, 0.15) is 24.0 Å². The maximum absolute atomic E-state index is 12.9. The summed E-state index contributed by atoms with van der Waals surface area (Å²) in [6, 6.07) is 5.68. The number of carbonyl (C=O) groups is 1. The average Bonchev–Trinajstić information content (AvgIpc) is 2.35. The first-order chi connectivity index (χ1) is 8.01. The van der Waals surface area contributed by atoms with Crippen LogP contribution in [0.15, 0.2) is 18.2 Å². The van der Waals surface area contributed by atoms with Gasteiger partial charge >= 0.3 is 5.97 Å². The van der Waals surface area contributed by atoms with Crippen LogP contribution in [0.2, 0.25) is 0 Å².